The van der Waals surface area contributed by atoms with Crippen molar-refractivity contribution in [3.8, 4) is 0 Å². The van der Waals surface area contributed by atoms with Crippen molar-refractivity contribution in [2.45, 2.75) is 43.9 Å². The van der Waals surface area contributed by atoms with Gasteiger partial charge in [0, 0.05) is 0 Å². The lowest BCUT2D eigenvalue weighted by Crippen LogP contribution is -2.50. The predicted molar refractivity (Wildman–Crippen MR) is 87.7 cm³/mol. The van der Waals surface area contributed by atoms with Crippen molar-refractivity contribution in [1.29, 1.82) is 0 Å². The Labute approximate surface area is 128 Å². The van der Waals surface area contributed by atoms with Gasteiger partial charge in [0.1, 0.15) is 0 Å². The lowest BCUT2D eigenvalue weighted by Gasteiger charge is -2.49. The molecule has 1 aromatic rings. The zero-order valence-corrected chi connectivity index (χ0v) is 13.1. The number of hydrogen-bond donors (Lipinski definition) is 1. The van der Waals surface area contributed by atoms with E-state index in [2.05, 4.69) is 34.5 Å². The van der Waals surface area contributed by atoms with E-state index in [-0.39, 0.29) is 0 Å². The third kappa shape index (κ3) is 2.76. The van der Waals surface area contributed by atoms with Crippen molar-refractivity contribution in [2.24, 2.45) is 5.92 Å². The van der Waals surface area contributed by atoms with E-state index in [4.69, 9.17) is 0 Å². The predicted octanol–water partition coefficient (Wildman–Crippen LogP) is 2.97. The first kappa shape index (κ1) is 13.8. The molecule has 21 heavy (non-hydrogen) atoms. The minimum atomic E-state index is 0.514. The Hall–Kier alpha value is -0.860. The fraction of sp³-hybridized carbons (Fsp3) is 0.684. The second-order valence-electron chi connectivity index (χ2n) is 7.49. The van der Waals surface area contributed by atoms with Crippen LogP contribution in [0.4, 0.5) is 0 Å². The molecule has 1 aromatic carbocycles. The molecule has 4 heterocycles. The SMILES string of the molecule is c1cc(C23CCN(CC2)CC3)ccc1CC1CCCNC1. The molecule has 2 heteroatoms. The average Bonchev–Trinajstić information content (AvgIpc) is 2.58. The van der Waals surface area contributed by atoms with Crippen molar-refractivity contribution in [3.63, 3.8) is 0 Å². The van der Waals surface area contributed by atoms with E-state index in [0.29, 0.717) is 5.41 Å². The molecule has 4 aliphatic heterocycles. The van der Waals surface area contributed by atoms with E-state index in [1.807, 2.05) is 0 Å². The molecule has 0 radical (unpaired) electrons. The van der Waals surface area contributed by atoms with Gasteiger partial charge in [0.05, 0.1) is 0 Å². The molecule has 0 saturated carbocycles. The molecule has 1 N–H and O–H groups in total. The van der Waals surface area contributed by atoms with Crippen LogP contribution in [0, 0.1) is 5.92 Å². The first-order valence-electron chi connectivity index (χ1n) is 8.87. The average molecular weight is 284 g/mol. The Morgan fingerprint density at radius 3 is 2.38 bits per heavy atom. The number of nitrogens with one attached hydrogen (secondary N) is 1. The molecule has 2 nitrogen and oxygen atoms in total. The quantitative estimate of drug-likeness (QED) is 0.918. The minimum Gasteiger partial charge on any atom is -0.316 e. The fourth-order valence-electron chi connectivity index (χ4n) is 4.69. The summed E-state index contributed by atoms with van der Waals surface area (Å²) in [6, 6.07) is 9.73. The normalized spacial score (nSPS) is 35.8. The molecule has 2 bridgehead atoms. The smallest absolute Gasteiger partial charge is 0.00102 e. The van der Waals surface area contributed by atoms with Crippen LogP contribution in [0.25, 0.3) is 0 Å². The highest BCUT2D eigenvalue weighted by Crippen LogP contribution is 2.42. The molecular weight excluding hydrogens is 256 g/mol. The number of piperidine rings is 4. The van der Waals surface area contributed by atoms with Gasteiger partial charge in [0.15, 0.2) is 0 Å². The van der Waals surface area contributed by atoms with Gasteiger partial charge < -0.3 is 10.2 Å². The molecule has 4 saturated heterocycles. The number of fused-ring (bicyclic) bond motifs is 3. The zero-order valence-electron chi connectivity index (χ0n) is 13.1. The lowest BCUT2D eigenvalue weighted by atomic mass is 9.67. The first-order chi connectivity index (χ1) is 10.3. The van der Waals surface area contributed by atoms with Crippen LogP contribution >= 0.6 is 0 Å². The second kappa shape index (κ2) is 5.73. The van der Waals surface area contributed by atoms with Crippen LogP contribution in [0.1, 0.15) is 43.2 Å². The van der Waals surface area contributed by atoms with Gasteiger partial charge in [-0.15, -0.1) is 0 Å². The summed E-state index contributed by atoms with van der Waals surface area (Å²) in [6.07, 6.45) is 8.13. The molecule has 0 amide bonds. The lowest BCUT2D eigenvalue weighted by molar-refractivity contribution is 0.0818. The van der Waals surface area contributed by atoms with Gasteiger partial charge in [-0.3, -0.25) is 0 Å². The van der Waals surface area contributed by atoms with Gasteiger partial charge in [-0.2, -0.15) is 0 Å². The van der Waals surface area contributed by atoms with Crippen molar-refractivity contribution in [1.82, 2.24) is 10.2 Å². The van der Waals surface area contributed by atoms with Crippen LogP contribution in [-0.4, -0.2) is 37.6 Å². The molecule has 5 rings (SSSR count). The molecule has 0 spiro atoms. The van der Waals surface area contributed by atoms with Gasteiger partial charge in [0.2, 0.25) is 0 Å². The monoisotopic (exact) mass is 284 g/mol. The maximum absolute atomic E-state index is 3.53. The van der Waals surface area contributed by atoms with Gasteiger partial charge in [-0.1, -0.05) is 24.3 Å². The molecule has 0 aliphatic carbocycles. The standard InChI is InChI=1S/C19H28N2/c1-2-17(15-20-10-1)14-16-3-5-18(6-4-16)19-7-11-21(12-8-19)13-9-19/h3-6,17,20H,1-2,7-15H2. The van der Waals surface area contributed by atoms with E-state index < -0.39 is 0 Å². The Morgan fingerprint density at radius 1 is 1.05 bits per heavy atom. The van der Waals surface area contributed by atoms with E-state index in [1.54, 1.807) is 5.56 Å². The van der Waals surface area contributed by atoms with E-state index in [1.165, 1.54) is 76.8 Å². The zero-order chi connectivity index (χ0) is 14.1. The molecular formula is C19H28N2. The summed E-state index contributed by atoms with van der Waals surface area (Å²) in [5, 5.41) is 3.53. The molecule has 4 aliphatic rings. The van der Waals surface area contributed by atoms with Crippen molar-refractivity contribution in [3.05, 3.63) is 35.4 Å². The maximum Gasteiger partial charge on any atom is -0.00102 e. The molecule has 1 atom stereocenters. The van der Waals surface area contributed by atoms with Gasteiger partial charge in [-0.05, 0) is 93.7 Å². The molecule has 4 fully saturated rings. The highest BCUT2D eigenvalue weighted by atomic mass is 15.1. The first-order valence-corrected chi connectivity index (χ1v) is 8.87. The third-order valence-electron chi connectivity index (χ3n) is 6.21. The van der Waals surface area contributed by atoms with Crippen molar-refractivity contribution < 1.29 is 0 Å². The summed E-state index contributed by atoms with van der Waals surface area (Å²) in [6.45, 7) is 6.37. The summed E-state index contributed by atoms with van der Waals surface area (Å²) in [5.74, 6) is 0.848. The van der Waals surface area contributed by atoms with Crippen LogP contribution < -0.4 is 5.32 Å². The van der Waals surface area contributed by atoms with Crippen LogP contribution in [0.15, 0.2) is 24.3 Å². The topological polar surface area (TPSA) is 15.3 Å². The highest BCUT2D eigenvalue weighted by Gasteiger charge is 2.40. The molecule has 0 aromatic heterocycles. The van der Waals surface area contributed by atoms with Crippen molar-refractivity contribution in [2.75, 3.05) is 32.7 Å². The number of rotatable bonds is 3. The number of hydrogen-bond acceptors (Lipinski definition) is 2. The largest absolute Gasteiger partial charge is 0.316 e. The Bertz CT molecular complexity index is 451. The fourth-order valence-corrected chi connectivity index (χ4v) is 4.69. The van der Waals surface area contributed by atoms with Crippen LogP contribution in [0.2, 0.25) is 0 Å². The second-order valence-corrected chi connectivity index (χ2v) is 7.49. The summed E-state index contributed by atoms with van der Waals surface area (Å²) in [7, 11) is 0. The highest BCUT2D eigenvalue weighted by molar-refractivity contribution is 5.31. The van der Waals surface area contributed by atoms with Crippen LogP contribution in [-0.2, 0) is 11.8 Å². The Balaban J connectivity index is 1.45. The van der Waals surface area contributed by atoms with Gasteiger partial charge in [0.25, 0.3) is 0 Å². The Morgan fingerprint density at radius 2 is 1.76 bits per heavy atom. The third-order valence-corrected chi connectivity index (χ3v) is 6.21. The van der Waals surface area contributed by atoms with E-state index in [9.17, 15) is 0 Å². The minimum absolute atomic E-state index is 0.514. The molecule has 1 unspecified atom stereocenters. The number of nitrogens with zero attached hydrogens (tertiary/aromatic N) is 1. The maximum atomic E-state index is 3.53. The summed E-state index contributed by atoms with van der Waals surface area (Å²) in [5.41, 5.74) is 3.67. The summed E-state index contributed by atoms with van der Waals surface area (Å²) in [4.78, 5) is 2.63. The Kier molecular flexibility index (Phi) is 3.76. The molecule has 114 valence electrons. The summed E-state index contributed by atoms with van der Waals surface area (Å²) >= 11 is 0. The summed E-state index contributed by atoms with van der Waals surface area (Å²) < 4.78 is 0. The van der Waals surface area contributed by atoms with Crippen molar-refractivity contribution >= 4 is 0 Å². The van der Waals surface area contributed by atoms with Gasteiger partial charge >= 0.3 is 0 Å². The number of benzene rings is 1. The van der Waals surface area contributed by atoms with E-state index in [0.717, 1.165) is 5.92 Å². The van der Waals surface area contributed by atoms with Gasteiger partial charge in [-0.25, -0.2) is 0 Å². The van der Waals surface area contributed by atoms with E-state index >= 15 is 0 Å². The van der Waals surface area contributed by atoms with Crippen LogP contribution in [0.5, 0.6) is 0 Å². The van der Waals surface area contributed by atoms with Crippen LogP contribution in [0.3, 0.4) is 0 Å².